The zero-order chi connectivity index (χ0) is 14.5. The van der Waals surface area contributed by atoms with Crippen molar-refractivity contribution in [1.82, 2.24) is 5.32 Å². The van der Waals surface area contributed by atoms with Crippen LogP contribution in [0.2, 0.25) is 0 Å². The molecule has 0 bridgehead atoms. The van der Waals surface area contributed by atoms with E-state index in [9.17, 15) is 4.79 Å². The first kappa shape index (κ1) is 15.6. The number of benzene rings is 1. The third-order valence-corrected chi connectivity index (χ3v) is 3.13. The van der Waals surface area contributed by atoms with Crippen molar-refractivity contribution in [1.29, 1.82) is 0 Å². The lowest BCUT2D eigenvalue weighted by Gasteiger charge is -2.28. The van der Waals surface area contributed by atoms with Crippen LogP contribution in [0.4, 0.5) is 0 Å². The quantitative estimate of drug-likeness (QED) is 0.595. The molecule has 0 saturated heterocycles. The number of hydrogen-bond acceptors (Lipinski definition) is 4. The molecule has 0 radical (unpaired) electrons. The van der Waals surface area contributed by atoms with E-state index in [1.165, 1.54) is 0 Å². The second-order valence-electron chi connectivity index (χ2n) is 4.99. The Labute approximate surface area is 112 Å². The lowest BCUT2D eigenvalue weighted by Crippen LogP contribution is -2.57. The number of amides is 1. The van der Waals surface area contributed by atoms with Gasteiger partial charge in [0, 0.05) is 5.56 Å². The van der Waals surface area contributed by atoms with Crippen LogP contribution in [0.3, 0.4) is 0 Å². The fourth-order valence-corrected chi connectivity index (χ4v) is 1.60. The van der Waals surface area contributed by atoms with Crippen LogP contribution in [0.5, 0.6) is 0 Å². The van der Waals surface area contributed by atoms with Crippen LogP contribution in [0.25, 0.3) is 0 Å². The van der Waals surface area contributed by atoms with Crippen LogP contribution in [0.15, 0.2) is 24.3 Å². The highest BCUT2D eigenvalue weighted by Crippen LogP contribution is 2.15. The SMILES string of the molecule is CC(C)c1ccc(C(=O)NC(CO)(CO)CO)cc1. The van der Waals surface area contributed by atoms with Gasteiger partial charge in [-0.05, 0) is 23.6 Å². The smallest absolute Gasteiger partial charge is 0.251 e. The molecule has 1 rings (SSSR count). The van der Waals surface area contributed by atoms with Gasteiger partial charge in [0.05, 0.1) is 19.8 Å². The summed E-state index contributed by atoms with van der Waals surface area (Å²) in [4.78, 5) is 12.0. The average Bonchev–Trinajstić information content (AvgIpc) is 2.45. The highest BCUT2D eigenvalue weighted by atomic mass is 16.3. The molecule has 0 fully saturated rings. The zero-order valence-electron chi connectivity index (χ0n) is 11.3. The van der Waals surface area contributed by atoms with Gasteiger partial charge in [-0.1, -0.05) is 26.0 Å². The summed E-state index contributed by atoms with van der Waals surface area (Å²) in [6, 6.07) is 7.08. The molecule has 0 unspecified atom stereocenters. The molecular formula is C14H21NO4. The average molecular weight is 267 g/mol. The predicted octanol–water partition coefficient (Wildman–Crippen LogP) is 0.256. The molecule has 0 aliphatic rings. The van der Waals surface area contributed by atoms with Crippen LogP contribution < -0.4 is 5.32 Å². The summed E-state index contributed by atoms with van der Waals surface area (Å²) in [5.74, 6) is -0.0593. The van der Waals surface area contributed by atoms with Crippen molar-refractivity contribution in [3.05, 3.63) is 35.4 Å². The Morgan fingerprint density at radius 3 is 1.95 bits per heavy atom. The van der Waals surface area contributed by atoms with Crippen molar-refractivity contribution in [3.8, 4) is 0 Å². The zero-order valence-corrected chi connectivity index (χ0v) is 11.3. The Kier molecular flexibility index (Phi) is 5.47. The standard InChI is InChI=1S/C14H21NO4/c1-10(2)11-3-5-12(6-4-11)13(19)15-14(7-16,8-17)9-18/h3-6,10,16-18H,7-9H2,1-2H3,(H,15,19). The molecule has 4 N–H and O–H groups in total. The molecule has 5 heteroatoms. The van der Waals surface area contributed by atoms with Crippen LogP contribution >= 0.6 is 0 Å². The number of carbonyl (C=O) groups is 1. The lowest BCUT2D eigenvalue weighted by atomic mass is 10.00. The summed E-state index contributed by atoms with van der Waals surface area (Å²) in [5, 5.41) is 29.9. The molecule has 106 valence electrons. The highest BCUT2D eigenvalue weighted by Gasteiger charge is 2.30. The van der Waals surface area contributed by atoms with Crippen LogP contribution in [0, 0.1) is 0 Å². The normalized spacial score (nSPS) is 11.7. The molecule has 0 spiro atoms. The third kappa shape index (κ3) is 3.76. The minimum atomic E-state index is -1.40. The van der Waals surface area contributed by atoms with E-state index in [0.717, 1.165) is 5.56 Å². The minimum Gasteiger partial charge on any atom is -0.394 e. The van der Waals surface area contributed by atoms with Crippen molar-refractivity contribution < 1.29 is 20.1 Å². The van der Waals surface area contributed by atoms with Gasteiger partial charge >= 0.3 is 0 Å². The summed E-state index contributed by atoms with van der Waals surface area (Å²) in [5.41, 5.74) is 0.145. The molecule has 0 atom stereocenters. The first-order valence-corrected chi connectivity index (χ1v) is 6.23. The Hall–Kier alpha value is -1.43. The molecule has 1 aromatic carbocycles. The van der Waals surface area contributed by atoms with Crippen molar-refractivity contribution in [2.45, 2.75) is 25.3 Å². The monoisotopic (exact) mass is 267 g/mol. The van der Waals surface area contributed by atoms with Gasteiger partial charge in [-0.25, -0.2) is 0 Å². The molecule has 0 heterocycles. The number of carbonyl (C=O) groups excluding carboxylic acids is 1. The molecule has 1 amide bonds. The number of hydrogen-bond donors (Lipinski definition) is 4. The van der Waals surface area contributed by atoms with Gasteiger partial charge in [0.25, 0.3) is 5.91 Å². The topological polar surface area (TPSA) is 89.8 Å². The van der Waals surface area contributed by atoms with Crippen LogP contribution in [-0.2, 0) is 0 Å². The second-order valence-corrected chi connectivity index (χ2v) is 4.99. The van der Waals surface area contributed by atoms with Crippen LogP contribution in [-0.4, -0.2) is 46.6 Å². The van der Waals surface area contributed by atoms with Crippen molar-refractivity contribution in [3.63, 3.8) is 0 Å². The van der Waals surface area contributed by atoms with E-state index in [0.29, 0.717) is 11.5 Å². The van der Waals surface area contributed by atoms with E-state index in [4.69, 9.17) is 15.3 Å². The molecule has 0 aliphatic heterocycles. The maximum Gasteiger partial charge on any atom is 0.251 e. The lowest BCUT2D eigenvalue weighted by molar-refractivity contribution is 0.0375. The number of aliphatic hydroxyl groups is 3. The van der Waals surface area contributed by atoms with Gasteiger partial charge in [-0.3, -0.25) is 4.79 Å². The van der Waals surface area contributed by atoms with Gasteiger partial charge in [-0.2, -0.15) is 0 Å². The molecule has 19 heavy (non-hydrogen) atoms. The molecule has 1 aromatic rings. The van der Waals surface area contributed by atoms with Crippen LogP contribution in [0.1, 0.15) is 35.7 Å². The van der Waals surface area contributed by atoms with E-state index in [1.54, 1.807) is 12.1 Å². The van der Waals surface area contributed by atoms with Gasteiger partial charge in [-0.15, -0.1) is 0 Å². The van der Waals surface area contributed by atoms with Gasteiger partial charge < -0.3 is 20.6 Å². The van der Waals surface area contributed by atoms with Crippen molar-refractivity contribution >= 4 is 5.91 Å². The first-order valence-electron chi connectivity index (χ1n) is 6.23. The second kappa shape index (κ2) is 6.65. The summed E-state index contributed by atoms with van der Waals surface area (Å²) >= 11 is 0. The summed E-state index contributed by atoms with van der Waals surface area (Å²) < 4.78 is 0. The fourth-order valence-electron chi connectivity index (χ4n) is 1.60. The third-order valence-electron chi connectivity index (χ3n) is 3.13. The van der Waals surface area contributed by atoms with E-state index in [2.05, 4.69) is 19.2 Å². The predicted molar refractivity (Wildman–Crippen MR) is 72.0 cm³/mol. The number of rotatable bonds is 6. The van der Waals surface area contributed by atoms with Crippen molar-refractivity contribution in [2.24, 2.45) is 0 Å². The van der Waals surface area contributed by atoms with Gasteiger partial charge in [0.2, 0.25) is 0 Å². The summed E-state index contributed by atoms with van der Waals surface area (Å²) in [6.07, 6.45) is 0. The minimum absolute atomic E-state index is 0.378. The van der Waals surface area contributed by atoms with E-state index in [-0.39, 0.29) is 0 Å². The summed E-state index contributed by atoms with van der Waals surface area (Å²) in [6.45, 7) is 2.52. The largest absolute Gasteiger partial charge is 0.394 e. The van der Waals surface area contributed by atoms with E-state index < -0.39 is 31.3 Å². The Bertz CT molecular complexity index is 402. The Balaban J connectivity index is 2.83. The van der Waals surface area contributed by atoms with Crippen molar-refractivity contribution in [2.75, 3.05) is 19.8 Å². The van der Waals surface area contributed by atoms with E-state index in [1.807, 2.05) is 12.1 Å². The molecule has 0 aliphatic carbocycles. The van der Waals surface area contributed by atoms with E-state index >= 15 is 0 Å². The number of nitrogens with one attached hydrogen (secondary N) is 1. The molecule has 0 saturated carbocycles. The van der Waals surface area contributed by atoms with Gasteiger partial charge in [0.1, 0.15) is 5.54 Å². The molecule has 0 aromatic heterocycles. The Morgan fingerprint density at radius 1 is 1.11 bits per heavy atom. The molecular weight excluding hydrogens is 246 g/mol. The highest BCUT2D eigenvalue weighted by molar-refractivity contribution is 5.94. The molecule has 5 nitrogen and oxygen atoms in total. The summed E-state index contributed by atoms with van der Waals surface area (Å²) in [7, 11) is 0. The Morgan fingerprint density at radius 2 is 1.58 bits per heavy atom. The van der Waals surface area contributed by atoms with Gasteiger partial charge in [0.15, 0.2) is 0 Å². The number of aliphatic hydroxyl groups excluding tert-OH is 3. The maximum atomic E-state index is 12.0. The fraction of sp³-hybridized carbons (Fsp3) is 0.500. The maximum absolute atomic E-state index is 12.0. The first-order chi connectivity index (χ1) is 8.98.